The fourth-order valence-electron chi connectivity index (χ4n) is 3.37. The number of hydrogen-bond acceptors (Lipinski definition) is 11. The average molecular weight is 521 g/mol. The highest BCUT2D eigenvalue weighted by atomic mass is 17.1. The van der Waals surface area contributed by atoms with Crippen molar-refractivity contribution in [2.75, 3.05) is 36.0 Å². The molecule has 1 saturated carbocycles. The molecule has 8 N–H and O–H groups in total. The number of nitrogens with one attached hydrogen (secondary N) is 1. The second kappa shape index (κ2) is 14.7. The summed E-state index contributed by atoms with van der Waals surface area (Å²) in [5.74, 6) is 0.406. The molecule has 1 aliphatic carbocycles. The zero-order valence-corrected chi connectivity index (χ0v) is 19.8. The molecule has 1 atom stereocenters. The summed E-state index contributed by atoms with van der Waals surface area (Å²) in [4.78, 5) is 19.1. The molecule has 1 unspecified atom stereocenters. The third kappa shape index (κ3) is 9.31. The van der Waals surface area contributed by atoms with E-state index >= 15 is 0 Å². The number of nitrogen functional groups attached to an aromatic ring is 2. The van der Waals surface area contributed by atoms with Gasteiger partial charge in [0.25, 0.3) is 0 Å². The SMILES string of the molecule is C.C=C(CN(c1ccc(N)cc1)C1(OO)CC1)OO.C=C(C[NH+](CC(=C)OO)c1ccc(N)cc1)O[O-]. The van der Waals surface area contributed by atoms with Crippen molar-refractivity contribution >= 4 is 22.7 Å². The predicted octanol–water partition coefficient (Wildman–Crippen LogP) is 2.29. The van der Waals surface area contributed by atoms with Crippen molar-refractivity contribution in [2.24, 2.45) is 0 Å². The van der Waals surface area contributed by atoms with Crippen LogP contribution in [0.1, 0.15) is 20.3 Å². The first kappa shape index (κ1) is 31.3. The van der Waals surface area contributed by atoms with Gasteiger partial charge in [-0.2, -0.15) is 0 Å². The van der Waals surface area contributed by atoms with Crippen molar-refractivity contribution in [3.8, 4) is 0 Å². The largest absolute Gasteiger partial charge is 0.664 e. The third-order valence-corrected chi connectivity index (χ3v) is 5.39. The first-order valence-electron chi connectivity index (χ1n) is 10.8. The summed E-state index contributed by atoms with van der Waals surface area (Å²) in [5, 5.41) is 36.4. The number of anilines is 3. The van der Waals surface area contributed by atoms with E-state index in [1.165, 1.54) is 0 Å². The molecule has 204 valence electrons. The zero-order chi connectivity index (χ0) is 26.7. The lowest BCUT2D eigenvalue weighted by Crippen LogP contribution is -3.07. The third-order valence-electron chi connectivity index (χ3n) is 5.39. The second-order valence-corrected chi connectivity index (χ2v) is 8.18. The van der Waals surface area contributed by atoms with Gasteiger partial charge in [0.05, 0.1) is 6.54 Å². The smallest absolute Gasteiger partial charge is 0.189 e. The predicted molar refractivity (Wildman–Crippen MR) is 138 cm³/mol. The first-order valence-corrected chi connectivity index (χ1v) is 10.8. The van der Waals surface area contributed by atoms with Gasteiger partial charge in [-0.25, -0.2) is 20.7 Å². The highest BCUT2D eigenvalue weighted by molar-refractivity contribution is 5.56. The number of nitrogens with two attached hydrogens (primary N) is 2. The lowest BCUT2D eigenvalue weighted by Gasteiger charge is -2.31. The van der Waals surface area contributed by atoms with Crippen LogP contribution in [0.15, 0.2) is 85.5 Å². The Balaban J connectivity index is 0.000000360. The van der Waals surface area contributed by atoms with Gasteiger partial charge in [0.15, 0.2) is 17.2 Å². The molecule has 12 nitrogen and oxygen atoms in total. The van der Waals surface area contributed by atoms with Gasteiger partial charge in [-0.15, -0.1) is 0 Å². The summed E-state index contributed by atoms with van der Waals surface area (Å²) in [5.41, 5.74) is 13.4. The maximum atomic E-state index is 10.3. The maximum Gasteiger partial charge on any atom is 0.189 e. The first-order chi connectivity index (χ1) is 17.2. The molecule has 0 saturated heterocycles. The summed E-state index contributed by atoms with van der Waals surface area (Å²) in [6.45, 7) is 11.3. The van der Waals surface area contributed by atoms with E-state index in [4.69, 9.17) is 27.2 Å². The molecule has 0 bridgehead atoms. The van der Waals surface area contributed by atoms with Crippen molar-refractivity contribution < 1.29 is 45.5 Å². The standard InChI is InChI=1S/2C12H16N2O4.CH4/c1-9(17-15)8-14(12(18-16)6-7-12)11-4-2-10(13)3-5-11;1-9(17-15)7-14(8-10(2)18-16)12-5-3-11(13)4-6-12;/h2-5,15-16H,1,6-8,13H2;3-6,15-16H,1-2,7-8,13H2;1H4. The van der Waals surface area contributed by atoms with Crippen LogP contribution in [0.3, 0.4) is 0 Å². The van der Waals surface area contributed by atoms with Gasteiger partial charge >= 0.3 is 0 Å². The molecule has 0 aromatic heterocycles. The second-order valence-electron chi connectivity index (χ2n) is 8.18. The van der Waals surface area contributed by atoms with Crippen molar-refractivity contribution in [3.05, 3.63) is 85.5 Å². The van der Waals surface area contributed by atoms with Crippen molar-refractivity contribution in [1.29, 1.82) is 0 Å². The van der Waals surface area contributed by atoms with Gasteiger partial charge in [-0.05, 0) is 36.4 Å². The molecule has 1 aliphatic rings. The molecular weight excluding hydrogens is 484 g/mol. The molecule has 0 aliphatic heterocycles. The van der Waals surface area contributed by atoms with E-state index in [0.29, 0.717) is 24.2 Å². The van der Waals surface area contributed by atoms with Crippen LogP contribution in [0.4, 0.5) is 22.7 Å². The van der Waals surface area contributed by atoms with Gasteiger partial charge in [-0.1, -0.05) is 27.2 Å². The van der Waals surface area contributed by atoms with E-state index < -0.39 is 5.72 Å². The van der Waals surface area contributed by atoms with Crippen molar-refractivity contribution in [2.45, 2.75) is 26.0 Å². The monoisotopic (exact) mass is 520 g/mol. The van der Waals surface area contributed by atoms with Crippen LogP contribution in [0.5, 0.6) is 0 Å². The number of quaternary nitrogens is 1. The minimum atomic E-state index is -0.766. The van der Waals surface area contributed by atoms with Gasteiger partial charge in [-0.3, -0.25) is 4.90 Å². The van der Waals surface area contributed by atoms with E-state index in [1.807, 2.05) is 0 Å². The van der Waals surface area contributed by atoms with Crippen LogP contribution < -0.4 is 26.5 Å². The van der Waals surface area contributed by atoms with Crippen LogP contribution in [-0.4, -0.2) is 41.1 Å². The zero-order valence-electron chi connectivity index (χ0n) is 19.8. The molecule has 2 aromatic rings. The van der Waals surface area contributed by atoms with Crippen LogP contribution in [0.2, 0.25) is 0 Å². The van der Waals surface area contributed by atoms with Gasteiger partial charge in [0.2, 0.25) is 0 Å². The lowest BCUT2D eigenvalue weighted by molar-refractivity contribution is -0.831. The highest BCUT2D eigenvalue weighted by Crippen LogP contribution is 2.45. The molecule has 2 aromatic carbocycles. The normalized spacial score (nSPS) is 13.5. The summed E-state index contributed by atoms with van der Waals surface area (Å²) in [7, 11) is 0. The molecule has 0 radical (unpaired) electrons. The van der Waals surface area contributed by atoms with E-state index in [2.05, 4.69) is 39.3 Å². The number of nitrogens with zero attached hydrogens (tertiary/aromatic N) is 1. The van der Waals surface area contributed by atoms with Gasteiger partial charge in [0.1, 0.15) is 24.5 Å². The minimum Gasteiger partial charge on any atom is -0.664 e. The number of benzene rings is 2. The topological polar surface area (TPSA) is 180 Å². The van der Waals surface area contributed by atoms with Crippen molar-refractivity contribution in [3.63, 3.8) is 0 Å². The number of hydrogen-bond donors (Lipinski definition) is 6. The van der Waals surface area contributed by atoms with E-state index in [1.54, 1.807) is 53.4 Å². The van der Waals surface area contributed by atoms with E-state index in [-0.39, 0.29) is 44.3 Å². The maximum absolute atomic E-state index is 10.3. The Labute approximate surface area is 216 Å². The van der Waals surface area contributed by atoms with Gasteiger partial charge < -0.3 is 36.3 Å². The molecule has 0 amide bonds. The summed E-state index contributed by atoms with van der Waals surface area (Å²) in [6.07, 6.45) is 1.37. The Hall–Kier alpha value is -3.78. The molecule has 0 spiro atoms. The Bertz CT molecular complexity index is 992. The molecule has 3 rings (SSSR count). The fraction of sp³-hybridized carbons (Fsp3) is 0.280. The summed E-state index contributed by atoms with van der Waals surface area (Å²) in [6, 6.07) is 14.2. The summed E-state index contributed by atoms with van der Waals surface area (Å²) >= 11 is 0. The van der Waals surface area contributed by atoms with Crippen molar-refractivity contribution in [1.82, 2.24) is 0 Å². The van der Waals surface area contributed by atoms with Crippen LogP contribution in [0, 0.1) is 0 Å². The van der Waals surface area contributed by atoms with Crippen LogP contribution >= 0.6 is 0 Å². The highest BCUT2D eigenvalue weighted by Gasteiger charge is 2.51. The molecule has 0 heterocycles. The Kier molecular flexibility index (Phi) is 12.4. The molecule has 1 fully saturated rings. The Morgan fingerprint density at radius 2 is 1.35 bits per heavy atom. The Morgan fingerprint density at radius 1 is 0.865 bits per heavy atom. The summed E-state index contributed by atoms with van der Waals surface area (Å²) < 4.78 is 0. The molecular formula is C25H36N4O8. The van der Waals surface area contributed by atoms with Gasteiger partial charge in [0, 0.05) is 42.0 Å². The van der Waals surface area contributed by atoms with Crippen LogP contribution in [0.25, 0.3) is 0 Å². The fourth-order valence-corrected chi connectivity index (χ4v) is 3.37. The van der Waals surface area contributed by atoms with E-state index in [9.17, 15) is 5.26 Å². The number of rotatable bonds is 13. The molecule has 12 heteroatoms. The quantitative estimate of drug-likeness (QED) is 0.0750. The minimum absolute atomic E-state index is 0. The lowest BCUT2D eigenvalue weighted by atomic mass is 10.2. The van der Waals surface area contributed by atoms with E-state index in [0.717, 1.165) is 16.3 Å². The molecule has 37 heavy (non-hydrogen) atoms. The van der Waals surface area contributed by atoms with Crippen LogP contribution in [-0.2, 0) is 19.6 Å². The average Bonchev–Trinajstić information content (AvgIpc) is 3.69. The Morgan fingerprint density at radius 3 is 1.78 bits per heavy atom.